The summed E-state index contributed by atoms with van der Waals surface area (Å²) in [4.78, 5) is 24.8. The predicted molar refractivity (Wildman–Crippen MR) is 94.8 cm³/mol. The Hall–Kier alpha value is -2.74. The summed E-state index contributed by atoms with van der Waals surface area (Å²) in [7, 11) is 0. The monoisotopic (exact) mass is 342 g/mol. The van der Waals surface area contributed by atoms with Crippen LogP contribution in [-0.2, 0) is 9.53 Å². The third-order valence-corrected chi connectivity index (χ3v) is 3.71. The van der Waals surface area contributed by atoms with Crippen molar-refractivity contribution in [2.24, 2.45) is 0 Å². The molecule has 1 atom stereocenters. The van der Waals surface area contributed by atoms with Crippen LogP contribution in [0.1, 0.15) is 18.7 Å². The van der Waals surface area contributed by atoms with Crippen molar-refractivity contribution >= 4 is 23.4 Å². The Balaban J connectivity index is 1.49. The van der Waals surface area contributed by atoms with Gasteiger partial charge in [0, 0.05) is 32.0 Å². The minimum Gasteiger partial charge on any atom is -0.368 e. The number of anilines is 3. The van der Waals surface area contributed by atoms with E-state index in [9.17, 15) is 4.79 Å². The van der Waals surface area contributed by atoms with Crippen LogP contribution in [0.5, 0.6) is 0 Å². The summed E-state index contributed by atoms with van der Waals surface area (Å²) in [5, 5.41) is 9.20. The Bertz CT molecular complexity index is 704. The third-order valence-electron chi connectivity index (χ3n) is 3.71. The number of hydrogen-bond donors (Lipinski definition) is 3. The van der Waals surface area contributed by atoms with Gasteiger partial charge in [-0.3, -0.25) is 4.79 Å². The topological polar surface area (TPSA) is 101 Å². The summed E-state index contributed by atoms with van der Waals surface area (Å²) in [5.41, 5.74) is 0. The molecule has 0 bridgehead atoms. The molecular weight excluding hydrogens is 320 g/mol. The Morgan fingerprint density at radius 2 is 2.12 bits per heavy atom. The number of ether oxygens (including phenoxy) is 1. The highest BCUT2D eigenvalue weighted by atomic mass is 16.5. The number of aryl methyl sites for hydroxylation is 1. The zero-order chi connectivity index (χ0) is 17.5. The zero-order valence-electron chi connectivity index (χ0n) is 14.2. The molecule has 8 nitrogen and oxygen atoms in total. The molecule has 0 aliphatic carbocycles. The van der Waals surface area contributed by atoms with Crippen molar-refractivity contribution in [3.8, 4) is 0 Å². The molecule has 3 N–H and O–H groups in total. The number of rotatable bonds is 7. The van der Waals surface area contributed by atoms with Gasteiger partial charge < -0.3 is 20.7 Å². The second-order valence-electron chi connectivity index (χ2n) is 5.75. The van der Waals surface area contributed by atoms with Gasteiger partial charge in [-0.2, -0.15) is 0 Å². The second kappa shape index (κ2) is 8.39. The molecule has 2 aromatic rings. The maximum Gasteiger partial charge on any atom is 0.249 e. The molecule has 1 unspecified atom stereocenters. The van der Waals surface area contributed by atoms with Gasteiger partial charge in [-0.05, 0) is 31.9 Å². The van der Waals surface area contributed by atoms with Crippen LogP contribution in [0.2, 0.25) is 0 Å². The van der Waals surface area contributed by atoms with Gasteiger partial charge in [-0.15, -0.1) is 0 Å². The van der Waals surface area contributed by atoms with E-state index in [2.05, 4.69) is 30.9 Å². The van der Waals surface area contributed by atoms with Crippen LogP contribution in [0.3, 0.4) is 0 Å². The van der Waals surface area contributed by atoms with Crippen LogP contribution < -0.4 is 16.0 Å². The first-order valence-electron chi connectivity index (χ1n) is 8.37. The van der Waals surface area contributed by atoms with Gasteiger partial charge in [0.2, 0.25) is 5.91 Å². The second-order valence-corrected chi connectivity index (χ2v) is 5.75. The molecule has 0 saturated carbocycles. The maximum atomic E-state index is 11.9. The average molecular weight is 342 g/mol. The van der Waals surface area contributed by atoms with Crippen molar-refractivity contribution in [1.29, 1.82) is 0 Å². The van der Waals surface area contributed by atoms with Crippen LogP contribution in [0.15, 0.2) is 30.5 Å². The first kappa shape index (κ1) is 17.1. The summed E-state index contributed by atoms with van der Waals surface area (Å²) in [5.74, 6) is 2.67. The first-order chi connectivity index (χ1) is 12.2. The normalized spacial score (nSPS) is 16.4. The van der Waals surface area contributed by atoms with Gasteiger partial charge in [0.25, 0.3) is 0 Å². The fourth-order valence-corrected chi connectivity index (χ4v) is 2.56. The summed E-state index contributed by atoms with van der Waals surface area (Å²) in [6, 6.07) is 7.43. The number of nitrogens with one attached hydrogen (secondary N) is 3. The molecule has 3 heterocycles. The smallest absolute Gasteiger partial charge is 0.249 e. The van der Waals surface area contributed by atoms with E-state index in [0.717, 1.165) is 18.7 Å². The number of pyridine rings is 1. The van der Waals surface area contributed by atoms with Gasteiger partial charge >= 0.3 is 0 Å². The van der Waals surface area contributed by atoms with Gasteiger partial charge in [-0.1, -0.05) is 6.07 Å². The molecule has 2 aromatic heterocycles. The Labute approximate surface area is 146 Å². The molecule has 1 amide bonds. The summed E-state index contributed by atoms with van der Waals surface area (Å²) >= 11 is 0. The van der Waals surface area contributed by atoms with Gasteiger partial charge in [0.1, 0.15) is 29.4 Å². The highest BCUT2D eigenvalue weighted by Crippen LogP contribution is 2.15. The molecule has 3 rings (SSSR count). The summed E-state index contributed by atoms with van der Waals surface area (Å²) in [6.45, 7) is 3.57. The van der Waals surface area contributed by atoms with Crippen LogP contribution >= 0.6 is 0 Å². The van der Waals surface area contributed by atoms with Crippen LogP contribution in [0.4, 0.5) is 17.5 Å². The van der Waals surface area contributed by atoms with Crippen molar-refractivity contribution in [1.82, 2.24) is 20.3 Å². The average Bonchev–Trinajstić information content (AvgIpc) is 3.14. The van der Waals surface area contributed by atoms with Crippen molar-refractivity contribution < 1.29 is 9.53 Å². The molecule has 132 valence electrons. The number of carbonyl (C=O) groups is 1. The van der Waals surface area contributed by atoms with Gasteiger partial charge in [-0.25, -0.2) is 15.0 Å². The molecule has 1 saturated heterocycles. The molecular formula is C17H22N6O2. The molecule has 1 fully saturated rings. The predicted octanol–water partition coefficient (Wildman–Crippen LogP) is 1.63. The zero-order valence-corrected chi connectivity index (χ0v) is 14.2. The first-order valence-corrected chi connectivity index (χ1v) is 8.37. The molecule has 25 heavy (non-hydrogen) atoms. The molecule has 8 heteroatoms. The van der Waals surface area contributed by atoms with Crippen molar-refractivity contribution in [2.45, 2.75) is 25.9 Å². The minimum atomic E-state index is -0.296. The van der Waals surface area contributed by atoms with E-state index in [0.29, 0.717) is 37.2 Å². The maximum absolute atomic E-state index is 11.9. The molecule has 0 spiro atoms. The van der Waals surface area contributed by atoms with E-state index in [1.165, 1.54) is 0 Å². The van der Waals surface area contributed by atoms with Crippen molar-refractivity contribution in [3.05, 3.63) is 36.3 Å². The third kappa shape index (κ3) is 5.12. The molecule has 0 radical (unpaired) electrons. The van der Waals surface area contributed by atoms with E-state index in [1.54, 1.807) is 6.20 Å². The van der Waals surface area contributed by atoms with E-state index in [4.69, 9.17) is 4.74 Å². The number of hydrogen-bond acceptors (Lipinski definition) is 7. The number of amides is 1. The highest BCUT2D eigenvalue weighted by Gasteiger charge is 2.22. The van der Waals surface area contributed by atoms with Crippen LogP contribution in [0.25, 0.3) is 0 Å². The van der Waals surface area contributed by atoms with Gasteiger partial charge in [0.05, 0.1) is 0 Å². The van der Waals surface area contributed by atoms with E-state index < -0.39 is 0 Å². The molecule has 1 aliphatic rings. The lowest BCUT2D eigenvalue weighted by molar-refractivity contribution is -0.129. The lowest BCUT2D eigenvalue weighted by Crippen LogP contribution is -2.36. The summed E-state index contributed by atoms with van der Waals surface area (Å²) in [6.07, 6.45) is 3.16. The fraction of sp³-hybridized carbons (Fsp3) is 0.412. The standard InChI is InChI=1S/C17H22N6O2/c1-12-21-15(11-16(22-12)23-14-6-2-3-7-18-14)19-8-9-20-17(24)13-5-4-10-25-13/h2-3,6-7,11,13H,4-5,8-10H2,1H3,(H,20,24)(H2,18,19,21,22,23). The number of nitrogens with zero attached hydrogens (tertiary/aromatic N) is 3. The molecule has 1 aliphatic heterocycles. The number of aromatic nitrogens is 3. The Morgan fingerprint density at radius 1 is 1.24 bits per heavy atom. The van der Waals surface area contributed by atoms with Crippen LogP contribution in [-0.4, -0.2) is 46.7 Å². The van der Waals surface area contributed by atoms with Crippen molar-refractivity contribution in [2.75, 3.05) is 30.3 Å². The van der Waals surface area contributed by atoms with Crippen LogP contribution in [0, 0.1) is 6.92 Å². The SMILES string of the molecule is Cc1nc(NCCNC(=O)C2CCCO2)cc(Nc2ccccn2)n1. The Kier molecular flexibility index (Phi) is 5.73. The largest absolute Gasteiger partial charge is 0.368 e. The quantitative estimate of drug-likeness (QED) is 0.657. The molecule has 0 aromatic carbocycles. The number of carbonyl (C=O) groups excluding carboxylic acids is 1. The van der Waals surface area contributed by atoms with Gasteiger partial charge in [0.15, 0.2) is 0 Å². The highest BCUT2D eigenvalue weighted by molar-refractivity contribution is 5.80. The summed E-state index contributed by atoms with van der Waals surface area (Å²) < 4.78 is 5.35. The minimum absolute atomic E-state index is 0.0457. The Morgan fingerprint density at radius 3 is 2.88 bits per heavy atom. The van der Waals surface area contributed by atoms with E-state index in [1.807, 2.05) is 31.2 Å². The lowest BCUT2D eigenvalue weighted by atomic mass is 10.2. The van der Waals surface area contributed by atoms with E-state index >= 15 is 0 Å². The fourth-order valence-electron chi connectivity index (χ4n) is 2.56. The van der Waals surface area contributed by atoms with E-state index in [-0.39, 0.29) is 12.0 Å². The van der Waals surface area contributed by atoms with Crippen molar-refractivity contribution in [3.63, 3.8) is 0 Å². The lowest BCUT2D eigenvalue weighted by Gasteiger charge is -2.12.